The Balaban J connectivity index is 1.97. The van der Waals surface area contributed by atoms with Crippen LogP contribution in [0.25, 0.3) is 0 Å². The summed E-state index contributed by atoms with van der Waals surface area (Å²) in [7, 11) is 1.51. The molecule has 4 nitrogen and oxygen atoms in total. The van der Waals surface area contributed by atoms with Gasteiger partial charge in [0, 0.05) is 6.54 Å². The van der Waals surface area contributed by atoms with Gasteiger partial charge in [-0.3, -0.25) is 4.79 Å². The van der Waals surface area contributed by atoms with Crippen molar-refractivity contribution in [2.45, 2.75) is 6.42 Å². The minimum absolute atomic E-state index is 0.176. The first-order valence-electron chi connectivity index (χ1n) is 6.47. The molecule has 0 fully saturated rings. The molecule has 0 aliphatic heterocycles. The van der Waals surface area contributed by atoms with Gasteiger partial charge in [0.15, 0.2) is 5.75 Å². The number of hydrogen-bond donors (Lipinski definition) is 2. The van der Waals surface area contributed by atoms with Crippen LogP contribution in [0.5, 0.6) is 5.75 Å². The topological polar surface area (TPSA) is 64.3 Å². The van der Waals surface area contributed by atoms with Gasteiger partial charge in [-0.15, -0.1) is 0 Å². The lowest BCUT2D eigenvalue weighted by atomic mass is 10.1. The smallest absolute Gasteiger partial charge is 0.255 e. The van der Waals surface area contributed by atoms with E-state index in [0.29, 0.717) is 23.5 Å². The highest BCUT2D eigenvalue weighted by atomic mass is 16.5. The Labute approximate surface area is 118 Å². The molecule has 20 heavy (non-hydrogen) atoms. The molecule has 0 atom stereocenters. The van der Waals surface area contributed by atoms with Crippen molar-refractivity contribution in [1.82, 2.24) is 5.32 Å². The van der Waals surface area contributed by atoms with Gasteiger partial charge in [0.25, 0.3) is 5.91 Å². The van der Waals surface area contributed by atoms with Crippen molar-refractivity contribution in [1.29, 1.82) is 0 Å². The number of carbonyl (C=O) groups is 1. The molecular formula is C16H18N2O2. The molecule has 0 aromatic heterocycles. The van der Waals surface area contributed by atoms with Gasteiger partial charge in [0.05, 0.1) is 18.4 Å². The van der Waals surface area contributed by atoms with E-state index < -0.39 is 0 Å². The van der Waals surface area contributed by atoms with Crippen LogP contribution in [0.1, 0.15) is 15.9 Å². The highest BCUT2D eigenvalue weighted by Gasteiger charge is 2.13. The Kier molecular flexibility index (Phi) is 4.60. The maximum atomic E-state index is 12.1. The number of amides is 1. The van der Waals surface area contributed by atoms with Crippen LogP contribution in [0.2, 0.25) is 0 Å². The minimum Gasteiger partial charge on any atom is -0.494 e. The average molecular weight is 270 g/mol. The Bertz CT molecular complexity index is 582. The Hall–Kier alpha value is -2.49. The summed E-state index contributed by atoms with van der Waals surface area (Å²) in [6, 6.07) is 15.2. The SMILES string of the molecule is COc1c(N)cccc1C(=O)NCCc1ccccc1. The third kappa shape index (κ3) is 3.29. The second-order valence-electron chi connectivity index (χ2n) is 4.42. The molecule has 0 bridgehead atoms. The molecule has 1 amide bonds. The fourth-order valence-corrected chi connectivity index (χ4v) is 2.02. The summed E-state index contributed by atoms with van der Waals surface area (Å²) >= 11 is 0. The van der Waals surface area contributed by atoms with Gasteiger partial charge in [-0.1, -0.05) is 36.4 Å². The maximum Gasteiger partial charge on any atom is 0.255 e. The van der Waals surface area contributed by atoms with E-state index in [0.717, 1.165) is 6.42 Å². The first-order valence-corrected chi connectivity index (χ1v) is 6.47. The number of rotatable bonds is 5. The summed E-state index contributed by atoms with van der Waals surface area (Å²) in [6.45, 7) is 0.570. The lowest BCUT2D eigenvalue weighted by Crippen LogP contribution is -2.26. The molecule has 4 heteroatoms. The van der Waals surface area contributed by atoms with E-state index in [1.807, 2.05) is 30.3 Å². The largest absolute Gasteiger partial charge is 0.494 e. The highest BCUT2D eigenvalue weighted by Crippen LogP contribution is 2.25. The standard InChI is InChI=1S/C16H18N2O2/c1-20-15-13(8-5-9-14(15)17)16(19)18-11-10-12-6-3-2-4-7-12/h2-9H,10-11,17H2,1H3,(H,18,19). The zero-order chi connectivity index (χ0) is 14.4. The normalized spacial score (nSPS) is 10.1. The maximum absolute atomic E-state index is 12.1. The second kappa shape index (κ2) is 6.61. The number of nitrogens with one attached hydrogen (secondary N) is 1. The predicted molar refractivity (Wildman–Crippen MR) is 79.9 cm³/mol. The molecule has 0 radical (unpaired) electrons. The van der Waals surface area contributed by atoms with Crippen molar-refractivity contribution in [3.05, 3.63) is 59.7 Å². The molecule has 0 aliphatic carbocycles. The summed E-state index contributed by atoms with van der Waals surface area (Å²) in [4.78, 5) is 12.1. The number of nitrogen functional groups attached to an aromatic ring is 1. The molecule has 3 N–H and O–H groups in total. The van der Waals surface area contributed by atoms with E-state index in [2.05, 4.69) is 5.32 Å². The van der Waals surface area contributed by atoms with Crippen LogP contribution in [0.4, 0.5) is 5.69 Å². The van der Waals surface area contributed by atoms with Gasteiger partial charge < -0.3 is 15.8 Å². The van der Waals surface area contributed by atoms with Gasteiger partial charge in [-0.05, 0) is 24.1 Å². The van der Waals surface area contributed by atoms with Crippen LogP contribution < -0.4 is 15.8 Å². The number of ether oxygens (including phenoxy) is 1. The van der Waals surface area contributed by atoms with Crippen LogP contribution in [0.15, 0.2) is 48.5 Å². The number of para-hydroxylation sites is 1. The van der Waals surface area contributed by atoms with Crippen molar-refractivity contribution in [3.8, 4) is 5.75 Å². The molecule has 0 saturated heterocycles. The van der Waals surface area contributed by atoms with Gasteiger partial charge in [-0.25, -0.2) is 0 Å². The molecule has 2 aromatic rings. The van der Waals surface area contributed by atoms with E-state index in [1.165, 1.54) is 12.7 Å². The summed E-state index contributed by atoms with van der Waals surface area (Å²) in [5.74, 6) is 0.245. The number of methoxy groups -OCH3 is 1. The van der Waals surface area contributed by atoms with Crippen LogP contribution in [0.3, 0.4) is 0 Å². The number of carbonyl (C=O) groups excluding carboxylic acids is 1. The van der Waals surface area contributed by atoms with Crippen molar-refractivity contribution < 1.29 is 9.53 Å². The molecular weight excluding hydrogens is 252 g/mol. The highest BCUT2D eigenvalue weighted by molar-refractivity contribution is 5.98. The monoisotopic (exact) mass is 270 g/mol. The van der Waals surface area contributed by atoms with Gasteiger partial charge >= 0.3 is 0 Å². The average Bonchev–Trinajstić information content (AvgIpc) is 2.48. The van der Waals surface area contributed by atoms with E-state index in [4.69, 9.17) is 10.5 Å². The Morgan fingerprint density at radius 1 is 1.15 bits per heavy atom. The van der Waals surface area contributed by atoms with Crippen molar-refractivity contribution in [2.24, 2.45) is 0 Å². The van der Waals surface area contributed by atoms with Gasteiger partial charge in [0.1, 0.15) is 0 Å². The zero-order valence-electron chi connectivity index (χ0n) is 11.4. The summed E-state index contributed by atoms with van der Waals surface area (Å²) < 4.78 is 5.18. The van der Waals surface area contributed by atoms with E-state index >= 15 is 0 Å². The molecule has 0 saturated carbocycles. The zero-order valence-corrected chi connectivity index (χ0v) is 11.4. The molecule has 0 unspecified atom stereocenters. The van der Waals surface area contributed by atoms with Gasteiger partial charge in [0.2, 0.25) is 0 Å². The quantitative estimate of drug-likeness (QED) is 0.819. The number of hydrogen-bond acceptors (Lipinski definition) is 3. The third-order valence-corrected chi connectivity index (χ3v) is 3.04. The molecule has 104 valence electrons. The first kappa shape index (κ1) is 13.9. The van der Waals surface area contributed by atoms with E-state index in [1.54, 1.807) is 18.2 Å². The van der Waals surface area contributed by atoms with Gasteiger partial charge in [-0.2, -0.15) is 0 Å². The number of benzene rings is 2. The van der Waals surface area contributed by atoms with E-state index in [-0.39, 0.29) is 5.91 Å². The molecule has 0 spiro atoms. The fourth-order valence-electron chi connectivity index (χ4n) is 2.02. The molecule has 2 rings (SSSR count). The van der Waals surface area contributed by atoms with E-state index in [9.17, 15) is 4.79 Å². The van der Waals surface area contributed by atoms with Crippen LogP contribution in [-0.2, 0) is 6.42 Å². The van der Waals surface area contributed by atoms with Crippen molar-refractivity contribution in [3.63, 3.8) is 0 Å². The summed E-state index contributed by atoms with van der Waals surface area (Å²) in [6.07, 6.45) is 0.789. The summed E-state index contributed by atoms with van der Waals surface area (Å²) in [5, 5.41) is 2.87. The molecule has 2 aromatic carbocycles. The molecule has 0 aliphatic rings. The van der Waals surface area contributed by atoms with Crippen molar-refractivity contribution in [2.75, 3.05) is 19.4 Å². The van der Waals surface area contributed by atoms with Crippen LogP contribution in [-0.4, -0.2) is 19.6 Å². The van der Waals surface area contributed by atoms with Crippen LogP contribution in [0, 0.1) is 0 Å². The first-order chi connectivity index (χ1) is 9.72. The lowest BCUT2D eigenvalue weighted by molar-refractivity contribution is 0.0951. The number of nitrogens with two attached hydrogens (primary N) is 1. The Morgan fingerprint density at radius 2 is 1.90 bits per heavy atom. The Morgan fingerprint density at radius 3 is 2.60 bits per heavy atom. The lowest BCUT2D eigenvalue weighted by Gasteiger charge is -2.11. The summed E-state index contributed by atoms with van der Waals surface area (Å²) in [5.41, 5.74) is 7.89. The second-order valence-corrected chi connectivity index (χ2v) is 4.42. The molecule has 0 heterocycles. The van der Waals surface area contributed by atoms with Crippen molar-refractivity contribution >= 4 is 11.6 Å². The minimum atomic E-state index is -0.176. The number of anilines is 1. The predicted octanol–water partition coefficient (Wildman–Crippen LogP) is 2.25. The fraction of sp³-hybridized carbons (Fsp3) is 0.188. The van der Waals surface area contributed by atoms with Crippen LogP contribution >= 0.6 is 0 Å². The third-order valence-electron chi connectivity index (χ3n) is 3.04.